The number of esters is 1. The third-order valence-corrected chi connectivity index (χ3v) is 6.58. The van der Waals surface area contributed by atoms with Crippen molar-refractivity contribution >= 4 is 31.2 Å². The average Bonchev–Trinajstić information content (AvgIpc) is 3.22. The molecule has 0 fully saturated rings. The summed E-state index contributed by atoms with van der Waals surface area (Å²) in [6.07, 6.45) is 0.0775. The number of aliphatic hydroxyl groups is 1. The van der Waals surface area contributed by atoms with Crippen molar-refractivity contribution in [1.82, 2.24) is 24.6 Å². The first-order chi connectivity index (χ1) is 17.1. The van der Waals surface area contributed by atoms with Crippen molar-refractivity contribution in [3.05, 3.63) is 47.0 Å². The molecular formula is C21H31N6O8P. The fourth-order valence-electron chi connectivity index (χ4n) is 3.03. The van der Waals surface area contributed by atoms with Gasteiger partial charge in [-0.1, -0.05) is 0 Å². The van der Waals surface area contributed by atoms with Gasteiger partial charge in [-0.2, -0.15) is 0 Å². The molecule has 0 spiro atoms. The molecule has 36 heavy (non-hydrogen) atoms. The van der Waals surface area contributed by atoms with E-state index in [9.17, 15) is 19.6 Å². The summed E-state index contributed by atoms with van der Waals surface area (Å²) in [6.45, 7) is 4.00. The summed E-state index contributed by atoms with van der Waals surface area (Å²) < 4.78 is 23.6. The van der Waals surface area contributed by atoms with Crippen LogP contribution in [0.2, 0.25) is 0 Å². The van der Waals surface area contributed by atoms with Gasteiger partial charge in [-0.25, -0.2) is 0 Å². The molecule has 14 nitrogen and oxygen atoms in total. The fraction of sp³-hybridized carbons (Fsp3) is 0.429. The molecule has 1 unspecified atom stereocenters. The standard InChI is InChI=1S/C21H31N6O8P/c1-13(2)34-20(30)14(3)26-36(31,35-15-7-5-4-6-8-15)33-10-16(9-28)32-12-27-11-23-17-18(27)24-21(22)25-19(17)29/h4-8,11,13-14,16,26,28,31,36H,9-10,12H2,1-3H3,(H3,22,24,25,29)/t14-,16?/m0/s1. The molecule has 3 rings (SSSR count). The van der Waals surface area contributed by atoms with Crippen molar-refractivity contribution in [2.24, 2.45) is 0 Å². The third-order valence-electron chi connectivity index (χ3n) is 4.71. The Bertz CT molecular complexity index is 1210. The van der Waals surface area contributed by atoms with E-state index < -0.39 is 38.4 Å². The first kappa shape index (κ1) is 27.5. The van der Waals surface area contributed by atoms with E-state index in [1.54, 1.807) is 44.2 Å². The van der Waals surface area contributed by atoms with Gasteiger partial charge in [0.25, 0.3) is 0 Å². The number of carbonyl (C=O) groups excluding carboxylic acids is 1. The molecule has 0 amide bonds. The molecular weight excluding hydrogens is 495 g/mol. The van der Waals surface area contributed by atoms with E-state index >= 15 is 0 Å². The molecule has 0 aliphatic carbocycles. The second-order valence-corrected chi connectivity index (χ2v) is 10.0. The summed E-state index contributed by atoms with van der Waals surface area (Å²) in [5.41, 5.74) is 5.38. The SMILES string of the molecule is CC(C)OC(=O)[C@H](C)N[PH](O)(OCC(CO)OCn1cnc2c(=O)[nH]c(N)nc21)Oc1ccccc1. The Balaban J connectivity index is 1.68. The predicted octanol–water partition coefficient (Wildman–Crippen LogP) is 0.464. The maximum atomic E-state index is 12.3. The van der Waals surface area contributed by atoms with Crippen LogP contribution in [0.1, 0.15) is 20.8 Å². The van der Waals surface area contributed by atoms with Crippen LogP contribution in [0.15, 0.2) is 41.5 Å². The summed E-state index contributed by atoms with van der Waals surface area (Å²) in [4.78, 5) is 45.8. The van der Waals surface area contributed by atoms with Gasteiger partial charge in [0.1, 0.15) is 0 Å². The minimum absolute atomic E-state index is 0.0779. The van der Waals surface area contributed by atoms with E-state index in [-0.39, 0.29) is 36.6 Å². The number of aliphatic hydroxyl groups excluding tert-OH is 1. The van der Waals surface area contributed by atoms with Gasteiger partial charge in [-0.15, -0.1) is 0 Å². The molecule has 2 aromatic heterocycles. The number of benzene rings is 1. The number of para-hydroxylation sites is 1. The van der Waals surface area contributed by atoms with Crippen molar-refractivity contribution in [1.29, 1.82) is 0 Å². The molecule has 0 saturated heterocycles. The van der Waals surface area contributed by atoms with Crippen LogP contribution >= 0.6 is 8.09 Å². The second-order valence-electron chi connectivity index (χ2n) is 8.10. The number of aromatic amines is 1. The zero-order chi connectivity index (χ0) is 26.3. The monoisotopic (exact) mass is 526 g/mol. The molecule has 0 aliphatic rings. The number of aromatic nitrogens is 4. The van der Waals surface area contributed by atoms with Gasteiger partial charge in [0, 0.05) is 0 Å². The summed E-state index contributed by atoms with van der Waals surface area (Å²) in [5, 5.41) is 12.5. The first-order valence-electron chi connectivity index (χ1n) is 11.1. The van der Waals surface area contributed by atoms with Gasteiger partial charge in [0.15, 0.2) is 0 Å². The molecule has 2 atom stereocenters. The van der Waals surface area contributed by atoms with E-state index in [1.807, 2.05) is 0 Å². The van der Waals surface area contributed by atoms with Crippen LogP contribution in [0.25, 0.3) is 11.2 Å². The maximum absolute atomic E-state index is 12.3. The van der Waals surface area contributed by atoms with E-state index in [0.29, 0.717) is 5.75 Å². The molecule has 0 aliphatic heterocycles. The van der Waals surface area contributed by atoms with E-state index in [2.05, 4.69) is 20.0 Å². The Labute approximate surface area is 207 Å². The number of ether oxygens (including phenoxy) is 2. The van der Waals surface area contributed by atoms with Crippen molar-refractivity contribution < 1.29 is 33.3 Å². The number of anilines is 1. The molecule has 15 heteroatoms. The molecule has 6 N–H and O–H groups in total. The topological polar surface area (TPSA) is 196 Å². The van der Waals surface area contributed by atoms with Crippen LogP contribution in [0, 0.1) is 0 Å². The van der Waals surface area contributed by atoms with Gasteiger partial charge in [0.05, 0.1) is 0 Å². The number of H-pyrrole nitrogens is 1. The van der Waals surface area contributed by atoms with Crippen LogP contribution in [-0.4, -0.2) is 67.0 Å². The molecule has 0 radical (unpaired) electrons. The Morgan fingerprint density at radius 2 is 2.00 bits per heavy atom. The number of hydrogen-bond acceptors (Lipinski definition) is 12. The molecule has 1 aromatic carbocycles. The van der Waals surface area contributed by atoms with E-state index in [0.717, 1.165) is 0 Å². The molecule has 2 heterocycles. The van der Waals surface area contributed by atoms with Crippen molar-refractivity contribution in [3.8, 4) is 5.75 Å². The van der Waals surface area contributed by atoms with Crippen LogP contribution in [0.4, 0.5) is 5.95 Å². The van der Waals surface area contributed by atoms with Crippen LogP contribution in [0.5, 0.6) is 5.75 Å². The van der Waals surface area contributed by atoms with E-state index in [1.165, 1.54) is 17.8 Å². The van der Waals surface area contributed by atoms with Gasteiger partial charge in [-0.05, 0) is 0 Å². The van der Waals surface area contributed by atoms with E-state index in [4.69, 9.17) is 24.3 Å². The minimum atomic E-state index is -4.24. The fourth-order valence-corrected chi connectivity index (χ4v) is 4.76. The van der Waals surface area contributed by atoms with Gasteiger partial charge in [0.2, 0.25) is 0 Å². The Morgan fingerprint density at radius 3 is 2.67 bits per heavy atom. The van der Waals surface area contributed by atoms with Crippen LogP contribution < -0.4 is 20.9 Å². The van der Waals surface area contributed by atoms with Crippen molar-refractivity contribution in [3.63, 3.8) is 0 Å². The summed E-state index contributed by atoms with van der Waals surface area (Å²) in [6, 6.07) is 7.47. The zero-order valence-electron chi connectivity index (χ0n) is 20.1. The average molecular weight is 526 g/mol. The number of nitrogens with two attached hydrogens (primary N) is 1. The number of hydrogen-bond donors (Lipinski definition) is 5. The van der Waals surface area contributed by atoms with Gasteiger partial charge in [-0.3, -0.25) is 0 Å². The number of rotatable bonds is 13. The quantitative estimate of drug-likeness (QED) is 0.153. The summed E-state index contributed by atoms with van der Waals surface area (Å²) in [7, 11) is -4.24. The number of nitrogen functional groups attached to an aromatic ring is 1. The van der Waals surface area contributed by atoms with Crippen LogP contribution in [-0.2, 0) is 25.5 Å². The van der Waals surface area contributed by atoms with Crippen LogP contribution in [0.3, 0.4) is 0 Å². The third kappa shape index (κ3) is 7.43. The molecule has 3 aromatic rings. The van der Waals surface area contributed by atoms with Crippen molar-refractivity contribution in [2.75, 3.05) is 18.9 Å². The Hall–Kier alpha value is -3.13. The number of nitrogens with zero attached hydrogens (tertiary/aromatic N) is 3. The summed E-state index contributed by atoms with van der Waals surface area (Å²) >= 11 is 0. The second kappa shape index (κ2) is 12.2. The Kier molecular flexibility index (Phi) is 9.31. The van der Waals surface area contributed by atoms with Gasteiger partial charge < -0.3 is 0 Å². The summed E-state index contributed by atoms with van der Waals surface area (Å²) in [5.74, 6) is -0.370. The molecule has 0 bridgehead atoms. The van der Waals surface area contributed by atoms with Crippen molar-refractivity contribution in [2.45, 2.75) is 45.8 Å². The Morgan fingerprint density at radius 1 is 1.28 bits per heavy atom. The zero-order valence-corrected chi connectivity index (χ0v) is 21.1. The normalized spacial score (nSPS) is 14.1. The number of nitrogens with one attached hydrogen (secondary N) is 2. The number of carbonyl (C=O) groups is 1. The van der Waals surface area contributed by atoms with Gasteiger partial charge >= 0.3 is 207 Å². The molecule has 198 valence electrons. The predicted molar refractivity (Wildman–Crippen MR) is 132 cm³/mol. The molecule has 0 saturated carbocycles. The first-order valence-corrected chi connectivity index (χ1v) is 12.9. The number of fused-ring (bicyclic) bond motifs is 1. The number of imidazole rings is 1.